The van der Waals surface area contributed by atoms with Gasteiger partial charge in [-0.2, -0.15) is 44.6 Å². The Morgan fingerprint density at radius 1 is 0.784 bits per heavy atom. The lowest BCUT2D eigenvalue weighted by molar-refractivity contribution is -0.138. The van der Waals surface area contributed by atoms with Gasteiger partial charge in [0.15, 0.2) is 5.82 Å². The van der Waals surface area contributed by atoms with Crippen molar-refractivity contribution in [2.75, 3.05) is 0 Å². The van der Waals surface area contributed by atoms with Gasteiger partial charge in [0.25, 0.3) is 0 Å². The second-order valence-corrected chi connectivity index (χ2v) is 9.49. The number of alkyl halides is 9. The fourth-order valence-corrected chi connectivity index (χ4v) is 4.17. The second kappa shape index (κ2) is 8.25. The van der Waals surface area contributed by atoms with Gasteiger partial charge >= 0.3 is 18.5 Å². The van der Waals surface area contributed by atoms with Crippen molar-refractivity contribution < 1.29 is 39.5 Å². The van der Waals surface area contributed by atoms with Crippen LogP contribution in [0.3, 0.4) is 0 Å². The first-order chi connectivity index (χ1) is 16.8. The minimum absolute atomic E-state index is 0.339. The number of imidazole rings is 1. The van der Waals surface area contributed by atoms with E-state index in [1.165, 1.54) is 33.9 Å². The maximum atomic E-state index is 14.1. The number of aryl methyl sites for hydroxylation is 1. The van der Waals surface area contributed by atoms with E-state index in [9.17, 15) is 39.5 Å². The molecule has 0 aliphatic heterocycles. The molecule has 37 heavy (non-hydrogen) atoms. The minimum Gasteiger partial charge on any atom is -0.337 e. The third-order valence-electron chi connectivity index (χ3n) is 5.70. The van der Waals surface area contributed by atoms with Crippen molar-refractivity contribution in [1.29, 1.82) is 0 Å². The van der Waals surface area contributed by atoms with Gasteiger partial charge in [-0.05, 0) is 29.3 Å². The van der Waals surface area contributed by atoms with E-state index < -0.39 is 68.8 Å². The highest BCUT2D eigenvalue weighted by Gasteiger charge is 2.44. The largest absolute Gasteiger partial charge is 0.420 e. The monoisotopic (exact) mass is 534 g/mol. The molecule has 0 unspecified atom stereocenters. The number of hydrogen-bond donors (Lipinski definition) is 1. The molecule has 0 spiro atoms. The molecule has 0 aliphatic carbocycles. The summed E-state index contributed by atoms with van der Waals surface area (Å²) < 4.78 is 126. The Hall–Kier alpha value is -3.51. The molecule has 1 N–H and O–H groups in total. The molecule has 0 fully saturated rings. The van der Waals surface area contributed by atoms with Crippen LogP contribution in [0.5, 0.6) is 0 Å². The van der Waals surface area contributed by atoms with Gasteiger partial charge in [0.05, 0.1) is 22.3 Å². The maximum Gasteiger partial charge on any atom is 0.420 e. The molecule has 0 atom stereocenters. The van der Waals surface area contributed by atoms with Crippen LogP contribution in [-0.2, 0) is 31.0 Å². The summed E-state index contributed by atoms with van der Waals surface area (Å²) in [6.07, 6.45) is -14.8. The number of nitrogens with one attached hydrogen (secondary N) is 1. The standard InChI is InChI=1S/C24H19F9N4/c1-21(2,3)19-16(24(31,32)33)18(37(4)36-19)20-34-15-10-11(9-14(17(15)35-20)23(28,29)30)12-7-5-6-8-13(12)22(25,26)27/h5-10H,1-4H3,(H,34,35). The lowest BCUT2D eigenvalue weighted by Gasteiger charge is -2.19. The van der Waals surface area contributed by atoms with Crippen molar-refractivity contribution in [3.8, 4) is 22.6 Å². The van der Waals surface area contributed by atoms with Crippen molar-refractivity contribution in [3.63, 3.8) is 0 Å². The highest BCUT2D eigenvalue weighted by molar-refractivity contribution is 5.88. The highest BCUT2D eigenvalue weighted by atomic mass is 19.4. The molecular formula is C24H19F9N4. The van der Waals surface area contributed by atoms with Crippen LogP contribution >= 0.6 is 0 Å². The van der Waals surface area contributed by atoms with Crippen molar-refractivity contribution >= 4 is 11.0 Å². The molecule has 0 saturated heterocycles. The van der Waals surface area contributed by atoms with E-state index in [1.54, 1.807) is 0 Å². The molecule has 4 aromatic rings. The quantitative estimate of drug-likeness (QED) is 0.265. The number of nitrogens with zero attached hydrogens (tertiary/aromatic N) is 3. The summed E-state index contributed by atoms with van der Waals surface area (Å²) in [4.78, 5) is 6.28. The summed E-state index contributed by atoms with van der Waals surface area (Å²) in [5.74, 6) is -0.556. The number of aromatic nitrogens is 4. The van der Waals surface area contributed by atoms with Crippen LogP contribution in [0.4, 0.5) is 39.5 Å². The molecule has 198 valence electrons. The Bertz CT molecular complexity index is 1480. The van der Waals surface area contributed by atoms with Crippen LogP contribution < -0.4 is 0 Å². The second-order valence-electron chi connectivity index (χ2n) is 9.49. The fourth-order valence-electron chi connectivity index (χ4n) is 4.17. The van der Waals surface area contributed by atoms with Gasteiger partial charge in [-0.25, -0.2) is 4.98 Å². The lowest BCUT2D eigenvalue weighted by Crippen LogP contribution is -2.19. The van der Waals surface area contributed by atoms with E-state index in [0.717, 1.165) is 28.9 Å². The first-order valence-corrected chi connectivity index (χ1v) is 10.7. The smallest absolute Gasteiger partial charge is 0.337 e. The molecule has 0 radical (unpaired) electrons. The topological polar surface area (TPSA) is 46.5 Å². The van der Waals surface area contributed by atoms with Gasteiger partial charge in [0, 0.05) is 12.5 Å². The van der Waals surface area contributed by atoms with Gasteiger partial charge in [-0.3, -0.25) is 4.68 Å². The Morgan fingerprint density at radius 2 is 1.38 bits per heavy atom. The van der Waals surface area contributed by atoms with Gasteiger partial charge in [0.2, 0.25) is 0 Å². The van der Waals surface area contributed by atoms with E-state index in [-0.39, 0.29) is 11.2 Å². The van der Waals surface area contributed by atoms with Crippen LogP contribution in [0.2, 0.25) is 0 Å². The molecule has 2 heterocycles. The first-order valence-electron chi connectivity index (χ1n) is 10.7. The molecule has 0 bridgehead atoms. The SMILES string of the molecule is Cn1nc(C(C)(C)C)c(C(F)(F)F)c1-c1nc2c(C(F)(F)F)cc(-c3ccccc3C(F)(F)F)cc2[nH]1. The van der Waals surface area contributed by atoms with Gasteiger partial charge in [-0.15, -0.1) is 0 Å². The third kappa shape index (κ3) is 4.78. The van der Waals surface area contributed by atoms with Crippen molar-refractivity contribution in [2.45, 2.75) is 44.7 Å². The summed E-state index contributed by atoms with van der Waals surface area (Å²) in [7, 11) is 1.20. The molecule has 0 aliphatic rings. The summed E-state index contributed by atoms with van der Waals surface area (Å²) >= 11 is 0. The predicted molar refractivity (Wildman–Crippen MR) is 117 cm³/mol. The van der Waals surface area contributed by atoms with Crippen molar-refractivity contribution in [2.24, 2.45) is 7.05 Å². The summed E-state index contributed by atoms with van der Waals surface area (Å²) in [6.45, 7) is 4.50. The zero-order valence-corrected chi connectivity index (χ0v) is 19.7. The fraction of sp³-hybridized carbons (Fsp3) is 0.333. The molecule has 4 rings (SSSR count). The van der Waals surface area contributed by atoms with Crippen LogP contribution in [0, 0.1) is 0 Å². The van der Waals surface area contributed by atoms with E-state index in [0.29, 0.717) is 6.07 Å². The Kier molecular flexibility index (Phi) is 5.92. The third-order valence-corrected chi connectivity index (χ3v) is 5.70. The van der Waals surface area contributed by atoms with Gasteiger partial charge in [-0.1, -0.05) is 39.0 Å². The van der Waals surface area contributed by atoms with Crippen LogP contribution in [0.25, 0.3) is 33.7 Å². The summed E-state index contributed by atoms with van der Waals surface area (Å²) in [5, 5.41) is 3.96. The average Bonchev–Trinajstić information content (AvgIpc) is 3.31. The molecule has 4 nitrogen and oxygen atoms in total. The predicted octanol–water partition coefficient (Wildman–Crippen LogP) is 7.98. The average molecular weight is 534 g/mol. The molecule has 2 aromatic heterocycles. The molecular weight excluding hydrogens is 515 g/mol. The molecule has 2 aromatic carbocycles. The number of hydrogen-bond acceptors (Lipinski definition) is 2. The van der Waals surface area contributed by atoms with Crippen molar-refractivity contribution in [3.05, 3.63) is 58.8 Å². The van der Waals surface area contributed by atoms with E-state index >= 15 is 0 Å². The first kappa shape index (κ1) is 26.6. The lowest BCUT2D eigenvalue weighted by atomic mass is 9.88. The number of fused-ring (bicyclic) bond motifs is 1. The van der Waals surface area contributed by atoms with Crippen LogP contribution in [-0.4, -0.2) is 19.7 Å². The summed E-state index contributed by atoms with van der Waals surface area (Å²) in [6, 6.07) is 5.58. The maximum absolute atomic E-state index is 14.1. The van der Waals surface area contributed by atoms with Crippen molar-refractivity contribution in [1.82, 2.24) is 19.7 Å². The van der Waals surface area contributed by atoms with Crippen LogP contribution in [0.15, 0.2) is 36.4 Å². The van der Waals surface area contributed by atoms with Gasteiger partial charge in [0.1, 0.15) is 16.8 Å². The number of benzene rings is 2. The molecule has 0 saturated carbocycles. The normalized spacial score (nSPS) is 13.5. The minimum atomic E-state index is -5.07. The Labute approximate surface area is 204 Å². The van der Waals surface area contributed by atoms with E-state index in [4.69, 9.17) is 0 Å². The number of H-pyrrole nitrogens is 1. The zero-order chi connectivity index (χ0) is 27.7. The molecule has 0 amide bonds. The van der Waals surface area contributed by atoms with Gasteiger partial charge < -0.3 is 4.98 Å². The number of aromatic amines is 1. The van der Waals surface area contributed by atoms with E-state index in [1.807, 2.05) is 0 Å². The highest BCUT2D eigenvalue weighted by Crippen LogP contribution is 2.45. The Morgan fingerprint density at radius 3 is 1.92 bits per heavy atom. The molecule has 13 heteroatoms. The number of halogens is 9. The van der Waals surface area contributed by atoms with E-state index in [2.05, 4.69) is 15.1 Å². The summed E-state index contributed by atoms with van der Waals surface area (Å²) in [5.41, 5.74) is -7.81. The Balaban J connectivity index is 2.05. The van der Waals surface area contributed by atoms with Crippen LogP contribution in [0.1, 0.15) is 43.2 Å². The number of rotatable bonds is 2. The zero-order valence-electron chi connectivity index (χ0n) is 19.7.